The van der Waals surface area contributed by atoms with Gasteiger partial charge in [0, 0.05) is 0 Å². The molecule has 0 amide bonds. The first-order valence-corrected chi connectivity index (χ1v) is 25.7. The fourth-order valence-corrected chi connectivity index (χ4v) is 42.9. The van der Waals surface area contributed by atoms with Gasteiger partial charge in [-0.25, -0.2) is 0 Å². The van der Waals surface area contributed by atoms with E-state index in [2.05, 4.69) is 35.2 Å². The molecule has 148 valence electrons. The summed E-state index contributed by atoms with van der Waals surface area (Å²) in [5.41, 5.74) is 3.67. The summed E-state index contributed by atoms with van der Waals surface area (Å²) in [5.74, 6) is 2.39. The number of rotatable bonds is 5. The van der Waals surface area contributed by atoms with Crippen LogP contribution in [0.3, 0.4) is 0 Å². The third kappa shape index (κ3) is 3.33. The number of allylic oxidation sites excluding steroid dienone is 2. The van der Waals surface area contributed by atoms with Gasteiger partial charge in [0.05, 0.1) is 0 Å². The molecule has 2 fully saturated rings. The van der Waals surface area contributed by atoms with Crippen molar-refractivity contribution < 1.29 is 0 Å². The Labute approximate surface area is 177 Å². The molecule has 0 aromatic rings. The van der Waals surface area contributed by atoms with E-state index in [1.54, 1.807) is 5.57 Å². The molecule has 26 heavy (non-hydrogen) atoms. The third-order valence-corrected chi connectivity index (χ3v) is 33.3. The fraction of sp³-hybridized carbons (Fsp3) is 0.905. The van der Waals surface area contributed by atoms with Gasteiger partial charge in [-0.05, 0) is 0 Å². The van der Waals surface area contributed by atoms with Crippen molar-refractivity contribution in [2.45, 2.75) is 102 Å². The van der Waals surface area contributed by atoms with Gasteiger partial charge in [0.25, 0.3) is 0 Å². The molecule has 2 atom stereocenters. The van der Waals surface area contributed by atoms with Gasteiger partial charge in [-0.15, -0.1) is 0 Å². The number of halogens is 2. The number of hydrogen-bond donors (Lipinski definition) is 0. The van der Waals surface area contributed by atoms with Gasteiger partial charge in [0.15, 0.2) is 0 Å². The molecule has 2 unspecified atom stereocenters. The van der Waals surface area contributed by atoms with Crippen LogP contribution in [0.5, 0.6) is 0 Å². The standard InChI is InChI=1S/C18H30BCl2Si.3CH3.Sn/c1-4-5-12-16-13(2)17-14-8-6-10-15(11-7-9-14)19(17)18(16)22(3,20)21;;;;/h14-16H,4-12H2,1-3H3;3*1H3;. The second kappa shape index (κ2) is 7.91. The Hall–Kier alpha value is 1.40. The zero-order chi connectivity index (χ0) is 19.3. The second-order valence-corrected chi connectivity index (χ2v) is 35.0. The Morgan fingerprint density at radius 3 is 2.15 bits per heavy atom. The van der Waals surface area contributed by atoms with Gasteiger partial charge in [0.1, 0.15) is 0 Å². The average molecular weight is 520 g/mol. The van der Waals surface area contributed by atoms with E-state index < -0.39 is 25.1 Å². The van der Waals surface area contributed by atoms with Crippen LogP contribution < -0.4 is 0 Å². The first-order valence-electron chi connectivity index (χ1n) is 11.2. The van der Waals surface area contributed by atoms with Crippen LogP contribution in [-0.4, -0.2) is 31.8 Å². The molecule has 0 aliphatic carbocycles. The Morgan fingerprint density at radius 1 is 1.12 bits per heavy atom. The monoisotopic (exact) mass is 520 g/mol. The molecule has 5 heteroatoms. The molecule has 0 nitrogen and oxygen atoms in total. The molecule has 2 saturated heterocycles. The summed E-state index contributed by atoms with van der Waals surface area (Å²) >= 11 is 12.3. The summed E-state index contributed by atoms with van der Waals surface area (Å²) in [4.78, 5) is 7.98. The van der Waals surface area contributed by atoms with Gasteiger partial charge in [-0.1, -0.05) is 0 Å². The minimum atomic E-state index is -2.49. The van der Waals surface area contributed by atoms with Gasteiger partial charge < -0.3 is 0 Å². The Balaban J connectivity index is 2.26. The van der Waals surface area contributed by atoms with Crippen molar-refractivity contribution in [3.8, 4) is 0 Å². The summed E-state index contributed by atoms with van der Waals surface area (Å²) in [7, 11) is 0. The van der Waals surface area contributed by atoms with Crippen molar-refractivity contribution in [2.75, 3.05) is 0 Å². The fourth-order valence-electron chi connectivity index (χ4n) is 7.72. The maximum absolute atomic E-state index is 7.41. The quantitative estimate of drug-likeness (QED) is 0.253. The molecule has 3 aliphatic heterocycles. The van der Waals surface area contributed by atoms with E-state index in [0.29, 0.717) is 5.92 Å². The molecular formula is C21H39BCl2SiSn. The van der Waals surface area contributed by atoms with Crippen molar-refractivity contribution in [3.05, 3.63) is 11.0 Å². The van der Waals surface area contributed by atoms with E-state index in [1.165, 1.54) is 57.8 Å². The Morgan fingerprint density at radius 2 is 1.69 bits per heavy atom. The van der Waals surface area contributed by atoms with Gasteiger partial charge in [-0.2, -0.15) is 0 Å². The van der Waals surface area contributed by atoms with Crippen molar-refractivity contribution >= 4 is 53.9 Å². The van der Waals surface area contributed by atoms with Crippen molar-refractivity contribution in [1.82, 2.24) is 0 Å². The summed E-state index contributed by atoms with van der Waals surface area (Å²) < 4.78 is 0.289. The first kappa shape index (κ1) is 22.1. The molecule has 0 aromatic heterocycles. The molecule has 3 rings (SSSR count). The van der Waals surface area contributed by atoms with Crippen LogP contribution in [0, 0.1) is 11.8 Å². The van der Waals surface area contributed by atoms with E-state index in [0.717, 1.165) is 18.4 Å². The molecule has 0 aromatic carbocycles. The summed E-state index contributed by atoms with van der Waals surface area (Å²) in [6.45, 7) is 5.53. The zero-order valence-corrected chi connectivity index (χ0v) is 23.3. The van der Waals surface area contributed by atoms with E-state index in [4.69, 9.17) is 22.2 Å². The topological polar surface area (TPSA) is 0 Å². The van der Waals surface area contributed by atoms with Crippen LogP contribution in [0.1, 0.15) is 71.6 Å². The normalized spacial score (nSPS) is 35.5. The van der Waals surface area contributed by atoms with Crippen LogP contribution in [0.4, 0.5) is 0 Å². The van der Waals surface area contributed by atoms with Crippen molar-refractivity contribution in [1.29, 1.82) is 0 Å². The first-order chi connectivity index (χ1) is 12.1. The SMILES string of the molecule is CCCCC1C(C)=C2B(C3CCCC2CCC3)[C]1([Si](C)(Cl)Cl)[Sn]([CH3])([CH3])[CH3]. The van der Waals surface area contributed by atoms with Gasteiger partial charge in [0.2, 0.25) is 0 Å². The molecule has 0 saturated carbocycles. The summed E-state index contributed by atoms with van der Waals surface area (Å²) in [6.07, 6.45) is 12.5. The maximum atomic E-state index is 7.41. The number of hydrogen-bond acceptors (Lipinski definition) is 0. The van der Waals surface area contributed by atoms with Gasteiger partial charge in [-0.3, -0.25) is 0 Å². The summed E-state index contributed by atoms with van der Waals surface area (Å²) in [5, 5.41) is 0. The van der Waals surface area contributed by atoms with Crippen molar-refractivity contribution in [2.24, 2.45) is 11.8 Å². The van der Waals surface area contributed by atoms with Crippen LogP contribution >= 0.6 is 22.2 Å². The number of unbranched alkanes of at least 4 members (excludes halogenated alkanes) is 1. The van der Waals surface area contributed by atoms with Crippen molar-refractivity contribution in [3.63, 3.8) is 0 Å². The predicted molar refractivity (Wildman–Crippen MR) is 126 cm³/mol. The van der Waals surface area contributed by atoms with Crippen LogP contribution in [0.25, 0.3) is 0 Å². The molecule has 0 radical (unpaired) electrons. The third-order valence-electron chi connectivity index (χ3n) is 8.33. The molecule has 0 N–H and O–H groups in total. The van der Waals surface area contributed by atoms with E-state index in [1.807, 2.05) is 5.47 Å². The molecule has 0 spiro atoms. The molecular weight excluding hydrogens is 481 g/mol. The molecule has 2 bridgehead atoms. The van der Waals surface area contributed by atoms with Crippen LogP contribution in [0.2, 0.25) is 30.1 Å². The average Bonchev–Trinajstić information content (AvgIpc) is 2.62. The van der Waals surface area contributed by atoms with Crippen LogP contribution in [0.15, 0.2) is 11.0 Å². The van der Waals surface area contributed by atoms with E-state index in [-0.39, 0.29) is 2.95 Å². The Bertz CT molecular complexity index is 539. The summed E-state index contributed by atoms with van der Waals surface area (Å²) in [6, 6.07) is 0. The van der Waals surface area contributed by atoms with Gasteiger partial charge >= 0.3 is 179 Å². The predicted octanol–water partition coefficient (Wildman–Crippen LogP) is 8.22. The van der Waals surface area contributed by atoms with Crippen LogP contribution in [-0.2, 0) is 0 Å². The Kier molecular flexibility index (Phi) is 6.72. The van der Waals surface area contributed by atoms with E-state index in [9.17, 15) is 0 Å². The second-order valence-electron chi connectivity index (χ2n) is 10.6. The zero-order valence-electron chi connectivity index (χ0n) is 17.9. The molecule has 3 aliphatic rings. The molecule has 3 heterocycles. The minimum absolute atomic E-state index is 0.289. The van der Waals surface area contributed by atoms with E-state index >= 15 is 0 Å².